The second-order valence-electron chi connectivity index (χ2n) is 9.38. The van der Waals surface area contributed by atoms with Crippen molar-refractivity contribution in [1.82, 2.24) is 31.3 Å². The standard InChI is InChI=1S/C27H36N6O2S/c1-4-7-25(34)24(16-29-27(35)21(17-36)14-18(2)3)28-15-19-10-12-20(13-11-19)22-8-5-6-9-23(22)26-30-32-33-31-26/h5-6,8-13,18,21,24,28,36H,4,7,14-17H2,1-3H3,(H,29,35)(H,30,31,32,33). The topological polar surface area (TPSA) is 113 Å². The van der Waals surface area contributed by atoms with E-state index in [1.165, 1.54) is 0 Å². The van der Waals surface area contributed by atoms with E-state index >= 15 is 0 Å². The summed E-state index contributed by atoms with van der Waals surface area (Å²) in [4.78, 5) is 25.4. The van der Waals surface area contributed by atoms with Gasteiger partial charge in [0.25, 0.3) is 0 Å². The molecule has 1 heterocycles. The molecule has 2 atom stereocenters. The van der Waals surface area contributed by atoms with E-state index in [2.05, 4.69) is 57.7 Å². The monoisotopic (exact) mass is 508 g/mol. The highest BCUT2D eigenvalue weighted by Crippen LogP contribution is 2.29. The molecule has 0 spiro atoms. The molecule has 0 radical (unpaired) electrons. The molecule has 36 heavy (non-hydrogen) atoms. The van der Waals surface area contributed by atoms with Gasteiger partial charge in [0, 0.05) is 36.7 Å². The molecular weight excluding hydrogens is 472 g/mol. The number of carbonyl (C=O) groups excluding carboxylic acids is 2. The normalized spacial score (nSPS) is 12.9. The van der Waals surface area contributed by atoms with Crippen LogP contribution in [0.4, 0.5) is 0 Å². The van der Waals surface area contributed by atoms with Crippen LogP contribution in [0.2, 0.25) is 0 Å². The molecule has 1 aromatic heterocycles. The number of ketones is 1. The van der Waals surface area contributed by atoms with Crippen LogP contribution in [0, 0.1) is 11.8 Å². The van der Waals surface area contributed by atoms with Crippen LogP contribution in [0.25, 0.3) is 22.5 Å². The molecule has 2 unspecified atom stereocenters. The molecule has 0 aliphatic rings. The fourth-order valence-corrected chi connectivity index (χ4v) is 4.46. The molecule has 3 N–H and O–H groups in total. The van der Waals surface area contributed by atoms with Crippen molar-refractivity contribution in [2.45, 2.75) is 52.6 Å². The number of aromatic amines is 1. The maximum absolute atomic E-state index is 12.7. The molecule has 0 saturated heterocycles. The summed E-state index contributed by atoms with van der Waals surface area (Å²) in [6.07, 6.45) is 2.02. The molecule has 2 aromatic carbocycles. The average Bonchev–Trinajstić information content (AvgIpc) is 3.42. The van der Waals surface area contributed by atoms with E-state index in [1.54, 1.807) is 0 Å². The average molecular weight is 509 g/mol. The molecular formula is C27H36N6O2S. The second kappa shape index (κ2) is 13.9. The predicted molar refractivity (Wildman–Crippen MR) is 145 cm³/mol. The number of H-pyrrole nitrogens is 1. The quantitative estimate of drug-likeness (QED) is 0.244. The Hall–Kier alpha value is -3.04. The summed E-state index contributed by atoms with van der Waals surface area (Å²) in [5.74, 6) is 1.36. The van der Waals surface area contributed by atoms with Crippen molar-refractivity contribution in [3.8, 4) is 22.5 Å². The number of hydrogen-bond donors (Lipinski definition) is 4. The predicted octanol–water partition coefficient (Wildman–Crippen LogP) is 4.07. The summed E-state index contributed by atoms with van der Waals surface area (Å²) in [7, 11) is 0. The Bertz CT molecular complexity index is 1100. The number of rotatable bonds is 14. The number of benzene rings is 2. The van der Waals surface area contributed by atoms with E-state index < -0.39 is 6.04 Å². The Balaban J connectivity index is 1.65. The molecule has 3 rings (SSSR count). The number of tetrazole rings is 1. The highest BCUT2D eigenvalue weighted by molar-refractivity contribution is 7.80. The number of hydrogen-bond acceptors (Lipinski definition) is 7. The van der Waals surface area contributed by atoms with Crippen LogP contribution in [0.3, 0.4) is 0 Å². The summed E-state index contributed by atoms with van der Waals surface area (Å²) >= 11 is 4.34. The molecule has 3 aromatic rings. The largest absolute Gasteiger partial charge is 0.354 e. The first-order chi connectivity index (χ1) is 17.4. The van der Waals surface area contributed by atoms with E-state index in [-0.39, 0.29) is 24.2 Å². The lowest BCUT2D eigenvalue weighted by atomic mass is 9.97. The Labute approximate surface area is 218 Å². The number of nitrogens with zero attached hydrogens (tertiary/aromatic N) is 3. The highest BCUT2D eigenvalue weighted by Gasteiger charge is 2.22. The Kier molecular flexibility index (Phi) is 10.6. The molecule has 0 bridgehead atoms. The number of carbonyl (C=O) groups is 2. The Morgan fingerprint density at radius 1 is 1.06 bits per heavy atom. The van der Waals surface area contributed by atoms with Gasteiger partial charge in [-0.05, 0) is 40.7 Å². The van der Waals surface area contributed by atoms with E-state index in [4.69, 9.17) is 0 Å². The van der Waals surface area contributed by atoms with Crippen molar-refractivity contribution in [3.63, 3.8) is 0 Å². The third-order valence-electron chi connectivity index (χ3n) is 6.04. The lowest BCUT2D eigenvalue weighted by Crippen LogP contribution is -2.47. The number of aromatic nitrogens is 4. The van der Waals surface area contributed by atoms with Crippen LogP contribution in [-0.2, 0) is 16.1 Å². The third-order valence-corrected chi connectivity index (χ3v) is 6.48. The van der Waals surface area contributed by atoms with Gasteiger partial charge in [-0.3, -0.25) is 9.59 Å². The smallest absolute Gasteiger partial charge is 0.224 e. The maximum atomic E-state index is 12.7. The summed E-state index contributed by atoms with van der Waals surface area (Å²) in [6, 6.07) is 15.6. The molecule has 0 saturated carbocycles. The van der Waals surface area contributed by atoms with E-state index in [0.29, 0.717) is 30.5 Å². The van der Waals surface area contributed by atoms with Crippen LogP contribution in [0.5, 0.6) is 0 Å². The fourth-order valence-electron chi connectivity index (χ4n) is 4.15. The third kappa shape index (κ3) is 7.73. The van der Waals surface area contributed by atoms with Gasteiger partial charge in [-0.1, -0.05) is 69.3 Å². The van der Waals surface area contributed by atoms with Crippen LogP contribution < -0.4 is 10.6 Å². The van der Waals surface area contributed by atoms with Gasteiger partial charge in [0.1, 0.15) is 0 Å². The van der Waals surface area contributed by atoms with E-state index in [9.17, 15) is 9.59 Å². The van der Waals surface area contributed by atoms with Crippen LogP contribution in [-0.4, -0.2) is 50.7 Å². The minimum absolute atomic E-state index is 0.0422. The molecule has 1 amide bonds. The molecule has 0 aliphatic carbocycles. The van der Waals surface area contributed by atoms with Gasteiger partial charge in [0.15, 0.2) is 5.78 Å². The van der Waals surface area contributed by atoms with Crippen LogP contribution in [0.15, 0.2) is 48.5 Å². The van der Waals surface area contributed by atoms with Crippen molar-refractivity contribution in [2.75, 3.05) is 12.3 Å². The van der Waals surface area contributed by atoms with Gasteiger partial charge >= 0.3 is 0 Å². The van der Waals surface area contributed by atoms with Gasteiger partial charge in [-0.2, -0.15) is 17.8 Å². The number of Topliss-reactive ketones (excluding diaryl/α,β-unsaturated/α-hetero) is 1. The number of amides is 1. The van der Waals surface area contributed by atoms with Crippen molar-refractivity contribution < 1.29 is 9.59 Å². The fraction of sp³-hybridized carbons (Fsp3) is 0.444. The van der Waals surface area contributed by atoms with Crippen LogP contribution in [0.1, 0.15) is 45.6 Å². The van der Waals surface area contributed by atoms with Gasteiger partial charge < -0.3 is 10.6 Å². The first kappa shape index (κ1) is 27.5. The van der Waals surface area contributed by atoms with Gasteiger partial charge in [-0.15, -0.1) is 10.2 Å². The van der Waals surface area contributed by atoms with Crippen molar-refractivity contribution in [1.29, 1.82) is 0 Å². The lowest BCUT2D eigenvalue weighted by molar-refractivity contribution is -0.125. The van der Waals surface area contributed by atoms with Crippen molar-refractivity contribution in [3.05, 3.63) is 54.1 Å². The minimum atomic E-state index is -0.438. The summed E-state index contributed by atoms with van der Waals surface area (Å²) < 4.78 is 0. The molecule has 8 nitrogen and oxygen atoms in total. The van der Waals surface area contributed by atoms with Crippen molar-refractivity contribution >= 4 is 24.3 Å². The number of nitrogens with one attached hydrogen (secondary N) is 3. The second-order valence-corrected chi connectivity index (χ2v) is 9.75. The number of thiol groups is 1. The summed E-state index contributed by atoms with van der Waals surface area (Å²) in [5, 5.41) is 20.7. The molecule has 192 valence electrons. The lowest BCUT2D eigenvalue weighted by Gasteiger charge is -2.21. The first-order valence-corrected chi connectivity index (χ1v) is 13.1. The minimum Gasteiger partial charge on any atom is -0.354 e. The first-order valence-electron chi connectivity index (χ1n) is 12.5. The zero-order chi connectivity index (χ0) is 25.9. The van der Waals surface area contributed by atoms with E-state index in [0.717, 1.165) is 35.1 Å². The highest BCUT2D eigenvalue weighted by atomic mass is 32.1. The van der Waals surface area contributed by atoms with Gasteiger partial charge in [-0.25, -0.2) is 0 Å². The summed E-state index contributed by atoms with van der Waals surface area (Å²) in [5.41, 5.74) is 3.99. The molecule has 0 aliphatic heterocycles. The van der Waals surface area contributed by atoms with Crippen molar-refractivity contribution in [2.24, 2.45) is 11.8 Å². The van der Waals surface area contributed by atoms with E-state index in [1.807, 2.05) is 55.5 Å². The van der Waals surface area contributed by atoms with Crippen LogP contribution >= 0.6 is 12.6 Å². The molecule has 0 fully saturated rings. The Morgan fingerprint density at radius 2 is 1.78 bits per heavy atom. The Morgan fingerprint density at radius 3 is 2.39 bits per heavy atom. The van der Waals surface area contributed by atoms with Gasteiger partial charge in [0.05, 0.1) is 6.04 Å². The zero-order valence-corrected chi connectivity index (χ0v) is 22.1. The summed E-state index contributed by atoms with van der Waals surface area (Å²) in [6.45, 7) is 6.96. The van der Waals surface area contributed by atoms with Gasteiger partial charge in [0.2, 0.25) is 11.7 Å². The zero-order valence-electron chi connectivity index (χ0n) is 21.2. The SMILES string of the molecule is CCCC(=O)C(CNC(=O)C(CS)CC(C)C)NCc1ccc(-c2ccccc2-c2nn[nH]n2)cc1. The maximum Gasteiger partial charge on any atom is 0.224 e. The molecule has 9 heteroatoms.